The Hall–Kier alpha value is -1.55. The number of carbonyl (C=O) groups excluding carboxylic acids is 1. The normalized spacial score (nSPS) is 14.5. The number of nitrogens with two attached hydrogens (primary N) is 1. The van der Waals surface area contributed by atoms with Crippen LogP contribution in [-0.4, -0.2) is 23.1 Å². The van der Waals surface area contributed by atoms with Gasteiger partial charge >= 0.3 is 0 Å². The Morgan fingerprint density at radius 1 is 1.29 bits per heavy atom. The summed E-state index contributed by atoms with van der Waals surface area (Å²) in [6.07, 6.45) is 2.08. The fraction of sp³-hybridized carbons (Fsp3) is 0.588. The summed E-state index contributed by atoms with van der Waals surface area (Å²) in [4.78, 5) is 11.9. The van der Waals surface area contributed by atoms with Gasteiger partial charge in [0.2, 0.25) is 5.91 Å². The SMILES string of the molecule is CC(CCc1ccc(O)cc1)NC(=O)CC(N)C(C)(C)C. The van der Waals surface area contributed by atoms with Gasteiger partial charge in [-0.05, 0) is 42.9 Å². The molecule has 0 radical (unpaired) electrons. The number of benzene rings is 1. The molecule has 118 valence electrons. The molecule has 4 heteroatoms. The van der Waals surface area contributed by atoms with Crippen LogP contribution >= 0.6 is 0 Å². The molecule has 0 spiro atoms. The zero-order chi connectivity index (χ0) is 16.0. The van der Waals surface area contributed by atoms with Crippen LogP contribution in [0.1, 0.15) is 46.1 Å². The topological polar surface area (TPSA) is 75.3 Å². The van der Waals surface area contributed by atoms with Crippen molar-refractivity contribution < 1.29 is 9.90 Å². The predicted molar refractivity (Wildman–Crippen MR) is 86.1 cm³/mol. The van der Waals surface area contributed by atoms with Crippen LogP contribution in [0.2, 0.25) is 0 Å². The molecule has 0 fully saturated rings. The molecule has 0 saturated carbocycles. The summed E-state index contributed by atoms with van der Waals surface area (Å²) in [6, 6.07) is 7.14. The number of hydrogen-bond acceptors (Lipinski definition) is 3. The second-order valence-electron chi connectivity index (χ2n) is 6.85. The minimum Gasteiger partial charge on any atom is -0.508 e. The van der Waals surface area contributed by atoms with E-state index in [9.17, 15) is 9.90 Å². The van der Waals surface area contributed by atoms with Crippen LogP contribution in [0, 0.1) is 5.41 Å². The van der Waals surface area contributed by atoms with Gasteiger partial charge in [0.25, 0.3) is 0 Å². The van der Waals surface area contributed by atoms with E-state index in [0.29, 0.717) is 6.42 Å². The van der Waals surface area contributed by atoms with Gasteiger partial charge in [-0.3, -0.25) is 4.79 Å². The van der Waals surface area contributed by atoms with Gasteiger partial charge in [0, 0.05) is 18.5 Å². The van der Waals surface area contributed by atoms with E-state index >= 15 is 0 Å². The van der Waals surface area contributed by atoms with Gasteiger partial charge in [-0.1, -0.05) is 32.9 Å². The number of aryl methyl sites for hydroxylation is 1. The van der Waals surface area contributed by atoms with Gasteiger partial charge in [-0.25, -0.2) is 0 Å². The van der Waals surface area contributed by atoms with Crippen molar-refractivity contribution >= 4 is 5.91 Å². The van der Waals surface area contributed by atoms with Crippen molar-refractivity contribution in [3.63, 3.8) is 0 Å². The maximum absolute atomic E-state index is 11.9. The molecular formula is C17H28N2O2. The van der Waals surface area contributed by atoms with E-state index in [0.717, 1.165) is 18.4 Å². The molecule has 21 heavy (non-hydrogen) atoms. The number of amides is 1. The lowest BCUT2D eigenvalue weighted by atomic mass is 9.85. The van der Waals surface area contributed by atoms with Gasteiger partial charge in [0.05, 0.1) is 0 Å². The summed E-state index contributed by atoms with van der Waals surface area (Å²) in [5.74, 6) is 0.284. The Bertz CT molecular complexity index is 449. The molecule has 0 aliphatic rings. The van der Waals surface area contributed by atoms with Gasteiger partial charge < -0.3 is 16.2 Å². The van der Waals surface area contributed by atoms with Crippen LogP contribution in [0.4, 0.5) is 0 Å². The Morgan fingerprint density at radius 2 is 1.86 bits per heavy atom. The van der Waals surface area contributed by atoms with E-state index in [1.54, 1.807) is 12.1 Å². The first kappa shape index (κ1) is 17.5. The molecule has 0 aliphatic heterocycles. The quantitative estimate of drug-likeness (QED) is 0.754. The van der Waals surface area contributed by atoms with Crippen LogP contribution in [0.25, 0.3) is 0 Å². The molecule has 0 bridgehead atoms. The molecule has 0 heterocycles. The molecule has 0 saturated heterocycles. The molecule has 4 nitrogen and oxygen atoms in total. The van der Waals surface area contributed by atoms with E-state index < -0.39 is 0 Å². The van der Waals surface area contributed by atoms with Crippen molar-refractivity contribution in [3.8, 4) is 5.75 Å². The minimum atomic E-state index is -0.137. The fourth-order valence-electron chi connectivity index (χ4n) is 1.96. The van der Waals surface area contributed by atoms with Crippen LogP contribution in [0.5, 0.6) is 5.75 Å². The zero-order valence-electron chi connectivity index (χ0n) is 13.5. The highest BCUT2D eigenvalue weighted by Crippen LogP contribution is 2.19. The molecular weight excluding hydrogens is 264 g/mol. The second kappa shape index (κ2) is 7.46. The summed E-state index contributed by atoms with van der Waals surface area (Å²) < 4.78 is 0. The highest BCUT2D eigenvalue weighted by atomic mass is 16.3. The third-order valence-electron chi connectivity index (χ3n) is 3.73. The first-order chi connectivity index (χ1) is 9.68. The molecule has 2 atom stereocenters. The zero-order valence-corrected chi connectivity index (χ0v) is 13.5. The predicted octanol–water partition coefficient (Wildman–Crippen LogP) is 2.59. The van der Waals surface area contributed by atoms with Crippen LogP contribution in [0.15, 0.2) is 24.3 Å². The number of nitrogens with one attached hydrogen (secondary N) is 1. The summed E-state index contributed by atoms with van der Waals surface area (Å²) >= 11 is 0. The van der Waals surface area contributed by atoms with Crippen molar-refractivity contribution in [2.45, 2.75) is 59.0 Å². The van der Waals surface area contributed by atoms with Gasteiger partial charge in [-0.2, -0.15) is 0 Å². The Morgan fingerprint density at radius 3 is 2.38 bits per heavy atom. The summed E-state index contributed by atoms with van der Waals surface area (Å²) in [7, 11) is 0. The third kappa shape index (κ3) is 6.63. The number of aromatic hydroxyl groups is 1. The molecule has 4 N–H and O–H groups in total. The Balaban J connectivity index is 2.34. The Labute approximate surface area is 127 Å². The first-order valence-electron chi connectivity index (χ1n) is 7.51. The highest BCUT2D eigenvalue weighted by molar-refractivity contribution is 5.76. The molecule has 1 rings (SSSR count). The Kier molecular flexibility index (Phi) is 6.21. The van der Waals surface area contributed by atoms with E-state index in [4.69, 9.17) is 5.73 Å². The number of hydrogen-bond donors (Lipinski definition) is 3. The van der Waals surface area contributed by atoms with Crippen molar-refractivity contribution in [1.82, 2.24) is 5.32 Å². The maximum Gasteiger partial charge on any atom is 0.221 e. The van der Waals surface area contributed by atoms with Crippen molar-refractivity contribution in [2.24, 2.45) is 11.1 Å². The summed E-state index contributed by atoms with van der Waals surface area (Å²) in [5.41, 5.74) is 7.11. The maximum atomic E-state index is 11.9. The highest BCUT2D eigenvalue weighted by Gasteiger charge is 2.23. The van der Waals surface area contributed by atoms with Crippen LogP contribution in [-0.2, 0) is 11.2 Å². The summed E-state index contributed by atoms with van der Waals surface area (Å²) in [6.45, 7) is 8.12. The molecule has 0 aromatic heterocycles. The first-order valence-corrected chi connectivity index (χ1v) is 7.51. The average Bonchev–Trinajstić information content (AvgIpc) is 2.36. The van der Waals surface area contributed by atoms with E-state index in [2.05, 4.69) is 5.32 Å². The molecule has 2 unspecified atom stereocenters. The van der Waals surface area contributed by atoms with Crippen molar-refractivity contribution in [3.05, 3.63) is 29.8 Å². The third-order valence-corrected chi connectivity index (χ3v) is 3.73. The smallest absolute Gasteiger partial charge is 0.221 e. The second-order valence-corrected chi connectivity index (χ2v) is 6.85. The number of rotatable bonds is 6. The molecule has 1 amide bonds. The largest absolute Gasteiger partial charge is 0.508 e. The minimum absolute atomic E-state index is 0.00984. The standard InChI is InChI=1S/C17H28N2O2/c1-12(5-6-13-7-9-14(20)10-8-13)19-16(21)11-15(18)17(2,3)4/h7-10,12,15,20H,5-6,11,18H2,1-4H3,(H,19,21). The summed E-state index contributed by atoms with van der Waals surface area (Å²) in [5, 5.41) is 12.2. The van der Waals surface area contributed by atoms with Crippen LogP contribution < -0.4 is 11.1 Å². The van der Waals surface area contributed by atoms with E-state index in [1.165, 1.54) is 0 Å². The number of phenolic OH excluding ortho intramolecular Hbond substituents is 1. The van der Waals surface area contributed by atoms with E-state index in [-0.39, 0.29) is 29.2 Å². The van der Waals surface area contributed by atoms with Crippen molar-refractivity contribution in [1.29, 1.82) is 0 Å². The van der Waals surface area contributed by atoms with Gasteiger partial charge in [-0.15, -0.1) is 0 Å². The number of phenols is 1. The van der Waals surface area contributed by atoms with Gasteiger partial charge in [0.15, 0.2) is 0 Å². The lowest BCUT2D eigenvalue weighted by molar-refractivity contribution is -0.122. The monoisotopic (exact) mass is 292 g/mol. The molecule has 1 aromatic carbocycles. The molecule has 0 aliphatic carbocycles. The molecule has 1 aromatic rings. The average molecular weight is 292 g/mol. The fourth-order valence-corrected chi connectivity index (χ4v) is 1.96. The lowest BCUT2D eigenvalue weighted by Gasteiger charge is -2.27. The van der Waals surface area contributed by atoms with Crippen LogP contribution in [0.3, 0.4) is 0 Å². The lowest BCUT2D eigenvalue weighted by Crippen LogP contribution is -2.42. The van der Waals surface area contributed by atoms with E-state index in [1.807, 2.05) is 39.8 Å². The van der Waals surface area contributed by atoms with Gasteiger partial charge in [0.1, 0.15) is 5.75 Å². The van der Waals surface area contributed by atoms with Crippen molar-refractivity contribution in [2.75, 3.05) is 0 Å². The number of carbonyl (C=O) groups is 1.